The first-order valence-electron chi connectivity index (χ1n) is 9.96. The van der Waals surface area contributed by atoms with Gasteiger partial charge in [0, 0.05) is 38.4 Å². The van der Waals surface area contributed by atoms with E-state index in [1.54, 1.807) is 16.2 Å². The number of nitrogens with zero attached hydrogens (tertiary/aromatic N) is 5. The summed E-state index contributed by atoms with van der Waals surface area (Å²) in [6.45, 7) is 3.37. The van der Waals surface area contributed by atoms with Crippen molar-refractivity contribution in [1.82, 2.24) is 19.3 Å². The van der Waals surface area contributed by atoms with Crippen molar-refractivity contribution in [3.8, 4) is 0 Å². The largest absolute Gasteiger partial charge is 0.352 e. The second kappa shape index (κ2) is 8.67. The molecule has 0 bridgehead atoms. The summed E-state index contributed by atoms with van der Waals surface area (Å²) in [4.78, 5) is 26.1. The third-order valence-electron chi connectivity index (χ3n) is 5.07. The maximum Gasteiger partial charge on any atom is 0.255 e. The molecule has 0 radical (unpaired) electrons. The molecule has 30 heavy (non-hydrogen) atoms. The van der Waals surface area contributed by atoms with Crippen LogP contribution in [0.3, 0.4) is 0 Å². The minimum absolute atomic E-state index is 0.0129. The van der Waals surface area contributed by atoms with Crippen molar-refractivity contribution in [3.63, 3.8) is 0 Å². The van der Waals surface area contributed by atoms with E-state index in [1.165, 1.54) is 0 Å². The Morgan fingerprint density at radius 2 is 1.90 bits per heavy atom. The van der Waals surface area contributed by atoms with E-state index >= 15 is 0 Å². The van der Waals surface area contributed by atoms with Crippen molar-refractivity contribution in [1.29, 1.82) is 0 Å². The zero-order valence-corrected chi connectivity index (χ0v) is 18.3. The van der Waals surface area contributed by atoms with Crippen LogP contribution in [0.2, 0.25) is 0 Å². The van der Waals surface area contributed by atoms with Crippen LogP contribution < -0.4 is 4.90 Å². The van der Waals surface area contributed by atoms with Gasteiger partial charge < -0.3 is 9.80 Å². The number of fused-ring (bicyclic) bond motifs is 1. The van der Waals surface area contributed by atoms with Gasteiger partial charge in [-0.1, -0.05) is 37.3 Å². The van der Waals surface area contributed by atoms with Crippen LogP contribution in [0, 0.1) is 0 Å². The highest BCUT2D eigenvalue weighted by Gasteiger charge is 2.19. The maximum atomic E-state index is 13.1. The number of aryl methyl sites for hydroxylation is 1. The third-order valence-corrected chi connectivity index (χ3v) is 5.84. The molecule has 154 valence electrons. The molecule has 0 atom stereocenters. The van der Waals surface area contributed by atoms with E-state index in [-0.39, 0.29) is 5.91 Å². The van der Waals surface area contributed by atoms with Gasteiger partial charge in [-0.3, -0.25) is 9.20 Å². The second-order valence-electron chi connectivity index (χ2n) is 7.31. The SMILES string of the molecule is CCc1nc2ccc(C(=O)N(C)Cc3ccccc3)cn2c1N(C)Cc1nccs1. The summed E-state index contributed by atoms with van der Waals surface area (Å²) in [5.41, 5.74) is 3.60. The number of carbonyl (C=O) groups is 1. The van der Waals surface area contributed by atoms with Gasteiger partial charge in [-0.05, 0) is 24.1 Å². The van der Waals surface area contributed by atoms with Crippen molar-refractivity contribution in [2.24, 2.45) is 0 Å². The Labute approximate surface area is 180 Å². The van der Waals surface area contributed by atoms with Gasteiger partial charge in [-0.25, -0.2) is 9.97 Å². The van der Waals surface area contributed by atoms with E-state index in [4.69, 9.17) is 4.98 Å². The number of anilines is 1. The van der Waals surface area contributed by atoms with Crippen LogP contribution in [0.4, 0.5) is 5.82 Å². The molecule has 3 heterocycles. The van der Waals surface area contributed by atoms with E-state index < -0.39 is 0 Å². The summed E-state index contributed by atoms with van der Waals surface area (Å²) in [5.74, 6) is 0.990. The molecular weight excluding hydrogens is 394 g/mol. The molecule has 0 saturated carbocycles. The zero-order chi connectivity index (χ0) is 21.1. The van der Waals surface area contributed by atoms with Crippen LogP contribution in [0.5, 0.6) is 0 Å². The van der Waals surface area contributed by atoms with E-state index in [0.29, 0.717) is 18.7 Å². The average Bonchev–Trinajstić information content (AvgIpc) is 3.40. The number of amides is 1. The minimum atomic E-state index is -0.0129. The molecule has 1 amide bonds. The van der Waals surface area contributed by atoms with Gasteiger partial charge in [0.2, 0.25) is 0 Å². The van der Waals surface area contributed by atoms with Gasteiger partial charge in [0.15, 0.2) is 0 Å². The smallest absolute Gasteiger partial charge is 0.255 e. The molecule has 3 aromatic heterocycles. The average molecular weight is 420 g/mol. The monoisotopic (exact) mass is 419 g/mol. The van der Waals surface area contributed by atoms with E-state index in [9.17, 15) is 4.79 Å². The summed E-state index contributed by atoms with van der Waals surface area (Å²) in [6, 6.07) is 13.8. The minimum Gasteiger partial charge on any atom is -0.352 e. The van der Waals surface area contributed by atoms with Crippen molar-refractivity contribution in [2.75, 3.05) is 19.0 Å². The normalized spacial score (nSPS) is 11.0. The Morgan fingerprint density at radius 3 is 2.60 bits per heavy atom. The predicted molar refractivity (Wildman–Crippen MR) is 121 cm³/mol. The number of thiazole rings is 1. The lowest BCUT2D eigenvalue weighted by Crippen LogP contribution is -2.26. The predicted octanol–water partition coefficient (Wildman–Crippen LogP) is 4.26. The molecule has 0 unspecified atom stereocenters. The summed E-state index contributed by atoms with van der Waals surface area (Å²) in [7, 11) is 3.88. The summed E-state index contributed by atoms with van der Waals surface area (Å²) in [6.07, 6.45) is 4.54. The number of hydrogen-bond donors (Lipinski definition) is 0. The molecule has 0 saturated heterocycles. The van der Waals surface area contributed by atoms with Gasteiger partial charge in [-0.2, -0.15) is 0 Å². The molecular formula is C23H25N5OS. The first-order chi connectivity index (χ1) is 14.6. The van der Waals surface area contributed by atoms with Crippen molar-refractivity contribution < 1.29 is 4.79 Å². The van der Waals surface area contributed by atoms with Crippen molar-refractivity contribution in [3.05, 3.63) is 82.1 Å². The van der Waals surface area contributed by atoms with Crippen LogP contribution in [0.1, 0.15) is 33.5 Å². The highest BCUT2D eigenvalue weighted by atomic mass is 32.1. The highest BCUT2D eigenvalue weighted by molar-refractivity contribution is 7.09. The van der Waals surface area contributed by atoms with Gasteiger partial charge in [-0.15, -0.1) is 11.3 Å². The molecule has 0 N–H and O–H groups in total. The lowest BCUT2D eigenvalue weighted by Gasteiger charge is -2.20. The first kappa shape index (κ1) is 20.1. The second-order valence-corrected chi connectivity index (χ2v) is 8.29. The Kier molecular flexibility index (Phi) is 5.81. The Hall–Kier alpha value is -3.19. The number of hydrogen-bond acceptors (Lipinski definition) is 5. The summed E-state index contributed by atoms with van der Waals surface area (Å²) in [5, 5.41) is 3.03. The van der Waals surface area contributed by atoms with Crippen LogP contribution in [-0.2, 0) is 19.5 Å². The van der Waals surface area contributed by atoms with Crippen LogP contribution in [0.25, 0.3) is 5.65 Å². The Bertz CT molecular complexity index is 1140. The number of rotatable bonds is 7. The first-order valence-corrected chi connectivity index (χ1v) is 10.8. The fraction of sp³-hybridized carbons (Fsp3) is 0.261. The summed E-state index contributed by atoms with van der Waals surface area (Å²) < 4.78 is 2.02. The molecule has 1 aromatic carbocycles. The fourth-order valence-electron chi connectivity index (χ4n) is 3.61. The van der Waals surface area contributed by atoms with Gasteiger partial charge in [0.1, 0.15) is 16.5 Å². The molecule has 0 aliphatic rings. The molecule has 4 aromatic rings. The van der Waals surface area contributed by atoms with Gasteiger partial charge in [0.25, 0.3) is 5.91 Å². The third kappa shape index (κ3) is 4.07. The quantitative estimate of drug-likeness (QED) is 0.449. The number of pyridine rings is 1. The van der Waals surface area contributed by atoms with Crippen LogP contribution in [-0.4, -0.2) is 39.3 Å². The lowest BCUT2D eigenvalue weighted by molar-refractivity contribution is 0.0784. The van der Waals surface area contributed by atoms with E-state index in [2.05, 4.69) is 16.8 Å². The molecule has 0 spiro atoms. The molecule has 0 aliphatic heterocycles. The fourth-order valence-corrected chi connectivity index (χ4v) is 4.28. The van der Waals surface area contributed by atoms with Crippen LogP contribution >= 0.6 is 11.3 Å². The van der Waals surface area contributed by atoms with E-state index in [0.717, 1.165) is 34.2 Å². The highest BCUT2D eigenvalue weighted by Crippen LogP contribution is 2.25. The topological polar surface area (TPSA) is 53.7 Å². The molecule has 0 fully saturated rings. The van der Waals surface area contributed by atoms with Gasteiger partial charge in [0.05, 0.1) is 17.8 Å². The van der Waals surface area contributed by atoms with E-state index in [1.807, 2.05) is 78.7 Å². The van der Waals surface area contributed by atoms with Crippen molar-refractivity contribution in [2.45, 2.75) is 26.4 Å². The van der Waals surface area contributed by atoms with Gasteiger partial charge >= 0.3 is 0 Å². The zero-order valence-electron chi connectivity index (χ0n) is 17.4. The number of carbonyl (C=O) groups excluding carboxylic acids is 1. The number of imidazole rings is 1. The molecule has 7 heteroatoms. The molecule has 4 rings (SSSR count). The Morgan fingerprint density at radius 1 is 1.10 bits per heavy atom. The van der Waals surface area contributed by atoms with Crippen LogP contribution in [0.15, 0.2) is 60.2 Å². The maximum absolute atomic E-state index is 13.1. The molecule has 6 nitrogen and oxygen atoms in total. The number of aromatic nitrogens is 3. The standard InChI is InChI=1S/C23H25N5OS/c1-4-19-22(26(2)16-21-24-12-13-30-21)28-15-18(10-11-20(28)25-19)23(29)27(3)14-17-8-6-5-7-9-17/h5-13,15H,4,14,16H2,1-3H3. The number of benzene rings is 1. The Balaban J connectivity index is 1.64. The van der Waals surface area contributed by atoms with Crippen molar-refractivity contribution >= 4 is 28.7 Å². The summed E-state index contributed by atoms with van der Waals surface area (Å²) >= 11 is 1.64. The lowest BCUT2D eigenvalue weighted by atomic mass is 10.2. The molecule has 0 aliphatic carbocycles.